The van der Waals surface area contributed by atoms with Crippen molar-refractivity contribution in [2.45, 2.75) is 19.4 Å². The number of carbonyl (C=O) groups is 1. The third kappa shape index (κ3) is 4.32. The Morgan fingerprint density at radius 2 is 1.92 bits per heavy atom. The highest BCUT2D eigenvalue weighted by molar-refractivity contribution is 5.81. The molecule has 0 saturated carbocycles. The minimum atomic E-state index is -0.0599. The van der Waals surface area contributed by atoms with Crippen LogP contribution < -0.4 is 4.90 Å². The third-order valence-corrected chi connectivity index (χ3v) is 5.45. The first kappa shape index (κ1) is 18.6. The molecule has 0 radical (unpaired) electrons. The van der Waals surface area contributed by atoms with E-state index in [9.17, 15) is 4.79 Å². The summed E-state index contributed by atoms with van der Waals surface area (Å²) >= 11 is 0. The van der Waals surface area contributed by atoms with Gasteiger partial charge in [0.1, 0.15) is 5.82 Å². The van der Waals surface area contributed by atoms with E-state index >= 15 is 0 Å². The summed E-state index contributed by atoms with van der Waals surface area (Å²) in [5.41, 5.74) is 0.621. The van der Waals surface area contributed by atoms with Crippen molar-refractivity contribution in [3.05, 3.63) is 23.9 Å². The number of nitrogens with zero attached hydrogens (tertiary/aromatic N) is 6. The zero-order valence-electron chi connectivity index (χ0n) is 15.8. The van der Waals surface area contributed by atoms with Crippen molar-refractivity contribution in [2.75, 3.05) is 64.3 Å². The lowest BCUT2D eigenvalue weighted by molar-refractivity contribution is -0.136. The first-order valence-corrected chi connectivity index (χ1v) is 9.41. The number of rotatable bonds is 3. The van der Waals surface area contributed by atoms with Crippen LogP contribution in [-0.2, 0) is 4.79 Å². The Labute approximate surface area is 155 Å². The lowest BCUT2D eigenvalue weighted by atomic mass is 10.2. The van der Waals surface area contributed by atoms with Crippen molar-refractivity contribution in [3.8, 4) is 6.07 Å². The van der Waals surface area contributed by atoms with E-state index in [1.807, 2.05) is 17.9 Å². The molecule has 0 bridgehead atoms. The molecule has 3 heterocycles. The average Bonchev–Trinajstić information content (AvgIpc) is 2.94. The summed E-state index contributed by atoms with van der Waals surface area (Å²) in [5, 5.41) is 9.08. The number of hydrogen-bond donors (Lipinski definition) is 0. The van der Waals surface area contributed by atoms with Gasteiger partial charge >= 0.3 is 0 Å². The molecule has 2 saturated heterocycles. The maximum atomic E-state index is 13.0. The second-order valence-corrected chi connectivity index (χ2v) is 7.20. The van der Waals surface area contributed by atoms with Crippen molar-refractivity contribution in [2.24, 2.45) is 0 Å². The van der Waals surface area contributed by atoms with Gasteiger partial charge in [0.05, 0.1) is 17.7 Å². The lowest BCUT2D eigenvalue weighted by Gasteiger charge is -2.37. The minimum Gasteiger partial charge on any atom is -0.355 e. The van der Waals surface area contributed by atoms with Gasteiger partial charge in [0, 0.05) is 58.6 Å². The molecular weight excluding hydrogens is 328 g/mol. The van der Waals surface area contributed by atoms with Crippen LogP contribution in [0.25, 0.3) is 0 Å². The fourth-order valence-electron chi connectivity index (χ4n) is 3.66. The molecule has 0 N–H and O–H groups in total. The van der Waals surface area contributed by atoms with E-state index in [0.29, 0.717) is 12.1 Å². The normalized spacial score (nSPS) is 21.1. The molecule has 1 unspecified atom stereocenters. The summed E-state index contributed by atoms with van der Waals surface area (Å²) in [4.78, 5) is 26.1. The SMILES string of the molecule is CC(C(=O)N1CCCN(c2cc(C#N)ccn2)CC1)N1CCN(C)CC1. The molecule has 1 aromatic heterocycles. The number of pyridine rings is 1. The van der Waals surface area contributed by atoms with Gasteiger partial charge in [0.25, 0.3) is 0 Å². The second kappa shape index (κ2) is 8.47. The number of carbonyl (C=O) groups excluding carboxylic acids is 1. The molecule has 0 aromatic carbocycles. The summed E-state index contributed by atoms with van der Waals surface area (Å²) in [5.74, 6) is 1.06. The Balaban J connectivity index is 1.59. The number of hydrogen-bond acceptors (Lipinski definition) is 6. The lowest BCUT2D eigenvalue weighted by Crippen LogP contribution is -2.54. The van der Waals surface area contributed by atoms with Crippen LogP contribution in [0.5, 0.6) is 0 Å². The largest absolute Gasteiger partial charge is 0.355 e. The molecular formula is C19H28N6O. The van der Waals surface area contributed by atoms with Gasteiger partial charge in [0.2, 0.25) is 5.91 Å². The van der Waals surface area contributed by atoms with E-state index in [1.54, 1.807) is 12.3 Å². The number of nitriles is 1. The second-order valence-electron chi connectivity index (χ2n) is 7.20. The van der Waals surface area contributed by atoms with Crippen LogP contribution >= 0.6 is 0 Å². The molecule has 7 heteroatoms. The minimum absolute atomic E-state index is 0.0599. The van der Waals surface area contributed by atoms with Crippen molar-refractivity contribution in [3.63, 3.8) is 0 Å². The fourth-order valence-corrected chi connectivity index (χ4v) is 3.66. The van der Waals surface area contributed by atoms with Gasteiger partial charge in [-0.1, -0.05) is 0 Å². The Morgan fingerprint density at radius 3 is 2.65 bits per heavy atom. The van der Waals surface area contributed by atoms with Crippen LogP contribution in [0.3, 0.4) is 0 Å². The molecule has 3 rings (SSSR count). The van der Waals surface area contributed by atoms with Crippen LogP contribution in [0.2, 0.25) is 0 Å². The molecule has 0 aliphatic carbocycles. The van der Waals surface area contributed by atoms with Gasteiger partial charge in [-0.3, -0.25) is 9.69 Å². The predicted molar refractivity (Wildman–Crippen MR) is 101 cm³/mol. The van der Waals surface area contributed by atoms with Crippen molar-refractivity contribution < 1.29 is 4.79 Å². The topological polar surface area (TPSA) is 66.7 Å². The van der Waals surface area contributed by atoms with E-state index in [1.165, 1.54) is 0 Å². The third-order valence-electron chi connectivity index (χ3n) is 5.45. The average molecular weight is 356 g/mol. The molecule has 26 heavy (non-hydrogen) atoms. The van der Waals surface area contributed by atoms with Crippen molar-refractivity contribution >= 4 is 11.7 Å². The highest BCUT2D eigenvalue weighted by Gasteiger charge is 2.29. The first-order chi connectivity index (χ1) is 12.6. The molecule has 1 atom stereocenters. The fraction of sp³-hybridized carbons (Fsp3) is 0.632. The molecule has 1 aromatic rings. The smallest absolute Gasteiger partial charge is 0.239 e. The number of amides is 1. The quantitative estimate of drug-likeness (QED) is 0.791. The first-order valence-electron chi connectivity index (χ1n) is 9.41. The van der Waals surface area contributed by atoms with Crippen molar-refractivity contribution in [1.29, 1.82) is 5.26 Å². The standard InChI is InChI=1S/C19H28N6O/c1-16(23-10-8-22(2)9-11-23)19(26)25-7-3-6-24(12-13-25)18-14-17(15-20)4-5-21-18/h4-5,14,16H,3,6-13H2,1-2H3. The van der Waals surface area contributed by atoms with Gasteiger partial charge in [-0.05, 0) is 32.5 Å². The Kier molecular flexibility index (Phi) is 6.07. The van der Waals surface area contributed by atoms with Crippen LogP contribution in [0, 0.1) is 11.3 Å². The van der Waals surface area contributed by atoms with Gasteiger partial charge < -0.3 is 14.7 Å². The molecule has 140 valence electrons. The van der Waals surface area contributed by atoms with Gasteiger partial charge in [-0.15, -0.1) is 0 Å². The zero-order valence-corrected chi connectivity index (χ0v) is 15.8. The van der Waals surface area contributed by atoms with E-state index in [2.05, 4.69) is 32.8 Å². The molecule has 2 fully saturated rings. The van der Waals surface area contributed by atoms with E-state index in [4.69, 9.17) is 5.26 Å². The Morgan fingerprint density at radius 1 is 1.15 bits per heavy atom. The zero-order chi connectivity index (χ0) is 18.5. The van der Waals surface area contributed by atoms with Crippen LogP contribution in [-0.4, -0.2) is 91.0 Å². The monoisotopic (exact) mass is 356 g/mol. The highest BCUT2D eigenvalue weighted by atomic mass is 16.2. The number of likely N-dealkylation sites (N-methyl/N-ethyl adjacent to an activating group) is 1. The summed E-state index contributed by atoms with van der Waals surface area (Å²) in [6.45, 7) is 9.08. The van der Waals surface area contributed by atoms with Crippen LogP contribution in [0.1, 0.15) is 18.9 Å². The number of piperazine rings is 1. The molecule has 2 aliphatic heterocycles. The maximum Gasteiger partial charge on any atom is 0.239 e. The van der Waals surface area contributed by atoms with Crippen LogP contribution in [0.15, 0.2) is 18.3 Å². The summed E-state index contributed by atoms with van der Waals surface area (Å²) < 4.78 is 0. The molecule has 7 nitrogen and oxygen atoms in total. The highest BCUT2D eigenvalue weighted by Crippen LogP contribution is 2.16. The van der Waals surface area contributed by atoms with Crippen molar-refractivity contribution in [1.82, 2.24) is 19.7 Å². The van der Waals surface area contributed by atoms with Gasteiger partial charge in [-0.25, -0.2) is 4.98 Å². The predicted octanol–water partition coefficient (Wildman–Crippen LogP) is 0.628. The number of anilines is 1. The van der Waals surface area contributed by atoms with E-state index in [0.717, 1.165) is 58.1 Å². The molecule has 1 amide bonds. The summed E-state index contributed by atoms with van der Waals surface area (Å²) in [7, 11) is 2.13. The number of aromatic nitrogens is 1. The van der Waals surface area contributed by atoms with E-state index < -0.39 is 0 Å². The summed E-state index contributed by atoms with van der Waals surface area (Å²) in [6, 6.07) is 5.64. The molecule has 2 aliphatic rings. The molecule has 0 spiro atoms. The Bertz CT molecular complexity index is 664. The Hall–Kier alpha value is -2.17. The summed E-state index contributed by atoms with van der Waals surface area (Å²) in [6.07, 6.45) is 2.59. The van der Waals surface area contributed by atoms with Gasteiger partial charge in [0.15, 0.2) is 0 Å². The maximum absolute atomic E-state index is 13.0. The van der Waals surface area contributed by atoms with Gasteiger partial charge in [-0.2, -0.15) is 5.26 Å². The van der Waals surface area contributed by atoms with E-state index in [-0.39, 0.29) is 11.9 Å². The van der Waals surface area contributed by atoms with Crippen LogP contribution in [0.4, 0.5) is 5.82 Å².